The van der Waals surface area contributed by atoms with Crippen LogP contribution in [0.3, 0.4) is 0 Å². The second-order valence-electron chi connectivity index (χ2n) is 13.3. The van der Waals surface area contributed by atoms with Gasteiger partial charge in [0.15, 0.2) is 23.5 Å². The van der Waals surface area contributed by atoms with E-state index in [2.05, 4.69) is 0 Å². The number of aliphatic hydroxyl groups excluding tert-OH is 10. The molecule has 300 valence electrons. The number of aromatic hydroxyl groups is 3. The maximum absolute atomic E-state index is 11.0. The summed E-state index contributed by atoms with van der Waals surface area (Å²) >= 11 is 0. The maximum atomic E-state index is 11.0. The minimum atomic E-state index is -1.88. The van der Waals surface area contributed by atoms with Crippen LogP contribution >= 0.6 is 0 Å². The Balaban J connectivity index is 1.32. The van der Waals surface area contributed by atoms with Gasteiger partial charge in [-0.25, -0.2) is 0 Å². The van der Waals surface area contributed by atoms with Gasteiger partial charge in [0, 0.05) is 12.1 Å². The summed E-state index contributed by atoms with van der Waals surface area (Å²) in [5, 5.41) is 125. The molecule has 16 unspecified atom stereocenters. The first-order valence-electron chi connectivity index (χ1n) is 16.9. The fourth-order valence-electron chi connectivity index (χ4n) is 6.49. The van der Waals surface area contributed by atoms with Crippen LogP contribution in [0.5, 0.6) is 28.7 Å². The molecule has 0 saturated carbocycles. The van der Waals surface area contributed by atoms with Gasteiger partial charge in [0.1, 0.15) is 84.2 Å². The van der Waals surface area contributed by atoms with Crippen molar-refractivity contribution in [2.45, 2.75) is 105 Å². The molecule has 2 aromatic rings. The van der Waals surface area contributed by atoms with Crippen molar-refractivity contribution in [3.05, 3.63) is 47.2 Å². The van der Waals surface area contributed by atoms with Crippen molar-refractivity contribution in [2.75, 3.05) is 20.3 Å². The summed E-state index contributed by atoms with van der Waals surface area (Å²) in [6.45, 7) is 0.140. The zero-order valence-electron chi connectivity index (χ0n) is 28.8. The molecular weight excluding hydrogens is 728 g/mol. The third kappa shape index (κ3) is 7.76. The molecule has 4 heterocycles. The van der Waals surface area contributed by atoms with Gasteiger partial charge < -0.3 is 99.2 Å². The number of methoxy groups -OCH3 is 1. The molecule has 0 bridgehead atoms. The first kappa shape index (κ1) is 40.1. The first-order valence-corrected chi connectivity index (χ1v) is 16.9. The van der Waals surface area contributed by atoms with Gasteiger partial charge in [-0.05, 0) is 25.1 Å². The number of aliphatic hydroxyl groups is 11. The van der Waals surface area contributed by atoms with Crippen LogP contribution in [0.25, 0.3) is 6.08 Å². The average molecular weight is 774 g/mol. The van der Waals surface area contributed by atoms with Gasteiger partial charge in [-0.2, -0.15) is 0 Å². The molecule has 0 radical (unpaired) electrons. The van der Waals surface area contributed by atoms with Crippen molar-refractivity contribution in [2.24, 2.45) is 0 Å². The molecule has 6 rings (SSSR count). The SMILES string of the molecule is COc1cc(C2[OH+]c3cc(O)cc(OC4OC(CO)C(O)C(O)C4O)c3C=C2OC2OC(COC3OC(C)C(O)C(O)C3O)C(O)C(O)C2O)ccc1O. The van der Waals surface area contributed by atoms with E-state index in [0.29, 0.717) is 5.56 Å². The molecule has 2 aromatic carbocycles. The van der Waals surface area contributed by atoms with Crippen LogP contribution in [0.1, 0.15) is 24.2 Å². The molecule has 0 aromatic heterocycles. The number of hydrogen-bond acceptors (Lipinski definition) is 19. The topological polar surface area (TPSA) is 320 Å². The number of rotatable bonds is 10. The first-order chi connectivity index (χ1) is 25.6. The predicted octanol–water partition coefficient (Wildman–Crippen LogP) is -3.71. The van der Waals surface area contributed by atoms with Crippen LogP contribution in [0.15, 0.2) is 36.1 Å². The van der Waals surface area contributed by atoms with Crippen molar-refractivity contribution >= 4 is 6.08 Å². The lowest BCUT2D eigenvalue weighted by atomic mass is 9.98. The Morgan fingerprint density at radius 1 is 0.667 bits per heavy atom. The zero-order valence-corrected chi connectivity index (χ0v) is 28.8. The maximum Gasteiger partial charge on any atom is 0.270 e. The lowest BCUT2D eigenvalue weighted by Gasteiger charge is -2.42. The molecule has 4 aliphatic heterocycles. The minimum Gasteiger partial charge on any atom is -0.571 e. The Kier molecular flexibility index (Phi) is 12.1. The number of ether oxygens (including phenoxy) is 8. The second-order valence-corrected chi connectivity index (χ2v) is 13.3. The average Bonchev–Trinajstić information content (AvgIpc) is 3.15. The molecule has 0 amide bonds. The van der Waals surface area contributed by atoms with E-state index in [1.165, 1.54) is 44.4 Å². The monoisotopic (exact) mass is 773 g/mol. The van der Waals surface area contributed by atoms with Crippen molar-refractivity contribution in [3.8, 4) is 28.7 Å². The van der Waals surface area contributed by atoms with Crippen LogP contribution in [0.4, 0.5) is 0 Å². The second kappa shape index (κ2) is 16.3. The molecular formula is C34H45O20+. The van der Waals surface area contributed by atoms with Crippen LogP contribution in [0, 0.1) is 0 Å². The Bertz CT molecular complexity index is 1640. The zero-order chi connectivity index (χ0) is 39.2. The van der Waals surface area contributed by atoms with Gasteiger partial charge in [0.25, 0.3) is 11.9 Å². The van der Waals surface area contributed by atoms with Crippen molar-refractivity contribution in [3.63, 3.8) is 0 Å². The molecule has 3 fully saturated rings. The van der Waals surface area contributed by atoms with Crippen molar-refractivity contribution in [1.29, 1.82) is 0 Å². The summed E-state index contributed by atoms with van der Waals surface area (Å²) in [6, 6.07) is 6.65. The van der Waals surface area contributed by atoms with E-state index in [9.17, 15) is 61.3 Å². The Labute approximate surface area is 306 Å². The molecule has 4 aliphatic rings. The smallest absolute Gasteiger partial charge is 0.270 e. The van der Waals surface area contributed by atoms with E-state index in [1.807, 2.05) is 0 Å². The predicted molar refractivity (Wildman–Crippen MR) is 176 cm³/mol. The summed E-state index contributed by atoms with van der Waals surface area (Å²) < 4.78 is 44.3. The van der Waals surface area contributed by atoms with E-state index < -0.39 is 111 Å². The lowest BCUT2D eigenvalue weighted by Crippen LogP contribution is -2.61. The molecule has 0 spiro atoms. The van der Waals surface area contributed by atoms with Crippen molar-refractivity contribution < 1.29 is 99.2 Å². The highest BCUT2D eigenvalue weighted by molar-refractivity contribution is 5.70. The third-order valence-corrected chi connectivity index (χ3v) is 9.69. The summed E-state index contributed by atoms with van der Waals surface area (Å²) in [5.74, 6) is -0.681. The van der Waals surface area contributed by atoms with Gasteiger partial charge in [-0.1, -0.05) is 0 Å². The van der Waals surface area contributed by atoms with E-state index in [-0.39, 0.29) is 40.1 Å². The Morgan fingerprint density at radius 3 is 1.94 bits per heavy atom. The Hall–Kier alpha value is -3.58. The normalized spacial score (nSPS) is 39.5. The van der Waals surface area contributed by atoms with Crippen LogP contribution in [0.2, 0.25) is 0 Å². The lowest BCUT2D eigenvalue weighted by molar-refractivity contribution is -0.325. The highest BCUT2D eigenvalue weighted by Crippen LogP contribution is 2.47. The largest absolute Gasteiger partial charge is 0.571 e. The number of fused-ring (bicyclic) bond motifs is 1. The summed E-state index contributed by atoms with van der Waals surface area (Å²) in [7, 11) is 1.32. The van der Waals surface area contributed by atoms with Crippen molar-refractivity contribution in [1.82, 2.24) is 0 Å². The van der Waals surface area contributed by atoms with Crippen LogP contribution < -0.4 is 9.47 Å². The van der Waals surface area contributed by atoms with E-state index in [0.717, 1.165) is 6.07 Å². The molecule has 0 aliphatic carbocycles. The van der Waals surface area contributed by atoms with E-state index >= 15 is 0 Å². The van der Waals surface area contributed by atoms with Gasteiger partial charge in [0.05, 0.1) is 38.1 Å². The highest BCUT2D eigenvalue weighted by Gasteiger charge is 2.49. The fourth-order valence-corrected chi connectivity index (χ4v) is 6.49. The minimum absolute atomic E-state index is 0.0548. The van der Waals surface area contributed by atoms with Gasteiger partial charge in [0.2, 0.25) is 12.6 Å². The fraction of sp³-hybridized carbons (Fsp3) is 0.588. The third-order valence-electron chi connectivity index (χ3n) is 9.69. The van der Waals surface area contributed by atoms with Gasteiger partial charge in [-0.15, -0.1) is 0 Å². The molecule has 20 heteroatoms. The highest BCUT2D eigenvalue weighted by atomic mass is 16.7. The van der Waals surface area contributed by atoms with Crippen LogP contribution in [-0.2, 0) is 23.7 Å². The molecule has 13 N–H and O–H groups in total. The summed E-state index contributed by atoms with van der Waals surface area (Å²) in [6.07, 6.45) is -23.8. The summed E-state index contributed by atoms with van der Waals surface area (Å²) in [5.41, 5.74) is 0.455. The van der Waals surface area contributed by atoms with E-state index in [4.69, 9.17) is 37.9 Å². The molecule has 20 nitrogen and oxygen atoms in total. The molecule has 54 heavy (non-hydrogen) atoms. The number of phenols is 2. The van der Waals surface area contributed by atoms with Gasteiger partial charge in [-0.3, -0.25) is 0 Å². The standard InChI is InChI=1S/C34H44O20/c1-11-22(38)25(41)28(44)32(49-11)48-10-21-24(40)27(43)30(46)34(54-21)52-19-8-14-16(50-31(19)12-3-4-15(37)18(5-12)47-2)6-13(36)7-17(14)51-33-29(45)26(42)23(39)20(9-35)53-33/h3-8,11,20-46H,9-10H2,1-2H3/p+1. The van der Waals surface area contributed by atoms with E-state index in [1.54, 1.807) is 0 Å². The molecule has 3 saturated heterocycles. The van der Waals surface area contributed by atoms with Crippen LogP contribution in [-0.4, -0.2) is 178 Å². The van der Waals surface area contributed by atoms with Gasteiger partial charge >= 0.3 is 0 Å². The molecule has 16 atom stereocenters. The Morgan fingerprint density at radius 2 is 1.28 bits per heavy atom. The number of phenolic OH excluding ortho intramolecular Hbond substituents is 2. The summed E-state index contributed by atoms with van der Waals surface area (Å²) in [4.78, 5) is 0. The quantitative estimate of drug-likeness (QED) is 0.103. The number of hydrogen-bond donors (Lipinski definition) is 12. The number of benzene rings is 2.